The summed E-state index contributed by atoms with van der Waals surface area (Å²) in [6, 6.07) is 12.5. The lowest BCUT2D eigenvalue weighted by Crippen LogP contribution is -2.12. The van der Waals surface area contributed by atoms with E-state index in [1.807, 2.05) is 18.2 Å². The van der Waals surface area contributed by atoms with Gasteiger partial charge in [-0.3, -0.25) is 4.79 Å². The van der Waals surface area contributed by atoms with E-state index < -0.39 is 0 Å². The van der Waals surface area contributed by atoms with Gasteiger partial charge >= 0.3 is 0 Å². The zero-order chi connectivity index (χ0) is 16.1. The molecule has 0 radical (unpaired) electrons. The number of amides is 1. The number of benzene rings is 2. The average Bonchev–Trinajstić information content (AvgIpc) is 2.50. The maximum Gasteiger partial charge on any atom is 0.255 e. The Labute approximate surface area is 140 Å². The van der Waals surface area contributed by atoms with Crippen LogP contribution in [0.15, 0.2) is 48.5 Å². The second kappa shape index (κ2) is 7.48. The number of rotatable bonds is 4. The molecule has 0 aliphatic rings. The molecule has 0 atom stereocenters. The van der Waals surface area contributed by atoms with Gasteiger partial charge in [-0.05, 0) is 35.7 Å². The summed E-state index contributed by atoms with van der Waals surface area (Å²) in [4.78, 5) is 12.2. The highest BCUT2D eigenvalue weighted by Gasteiger charge is 2.10. The number of hydrogen-bond acceptors (Lipinski definition) is 1. The lowest BCUT2D eigenvalue weighted by Gasteiger charge is -2.08. The van der Waals surface area contributed by atoms with Gasteiger partial charge in [-0.25, -0.2) is 0 Å². The fourth-order valence-electron chi connectivity index (χ4n) is 1.84. The zero-order valence-corrected chi connectivity index (χ0v) is 13.9. The van der Waals surface area contributed by atoms with Gasteiger partial charge in [-0.1, -0.05) is 67.4 Å². The minimum absolute atomic E-state index is 0.219. The second-order valence-electron chi connectivity index (χ2n) is 5.28. The van der Waals surface area contributed by atoms with Gasteiger partial charge in [0.15, 0.2) is 0 Å². The fourth-order valence-corrected chi connectivity index (χ4v) is 2.19. The molecule has 0 saturated heterocycles. The molecule has 1 N–H and O–H groups in total. The van der Waals surface area contributed by atoms with E-state index in [-0.39, 0.29) is 5.91 Å². The third-order valence-corrected chi connectivity index (χ3v) is 3.87. The number of anilines is 1. The van der Waals surface area contributed by atoms with Crippen LogP contribution in [0.3, 0.4) is 0 Å². The summed E-state index contributed by atoms with van der Waals surface area (Å²) >= 11 is 12.0. The first-order valence-corrected chi connectivity index (χ1v) is 7.76. The molecular formula is C18H17Cl2NO. The molecule has 0 fully saturated rings. The van der Waals surface area contributed by atoms with E-state index in [2.05, 4.69) is 25.2 Å². The lowest BCUT2D eigenvalue weighted by atomic mass is 10.1. The molecule has 0 unspecified atom stereocenters. The van der Waals surface area contributed by atoms with Gasteiger partial charge in [-0.15, -0.1) is 0 Å². The van der Waals surface area contributed by atoms with E-state index in [9.17, 15) is 4.79 Å². The first-order chi connectivity index (χ1) is 10.5. The van der Waals surface area contributed by atoms with Crippen molar-refractivity contribution in [2.24, 2.45) is 5.92 Å². The lowest BCUT2D eigenvalue weighted by molar-refractivity contribution is 0.102. The van der Waals surface area contributed by atoms with Crippen LogP contribution in [-0.4, -0.2) is 5.91 Å². The van der Waals surface area contributed by atoms with E-state index in [1.165, 1.54) is 0 Å². The van der Waals surface area contributed by atoms with Gasteiger partial charge in [0, 0.05) is 5.56 Å². The van der Waals surface area contributed by atoms with Crippen LogP contribution in [0.2, 0.25) is 10.0 Å². The van der Waals surface area contributed by atoms with Crippen LogP contribution in [0.5, 0.6) is 0 Å². The third kappa shape index (κ3) is 4.36. The van der Waals surface area contributed by atoms with Gasteiger partial charge in [0.25, 0.3) is 5.91 Å². The van der Waals surface area contributed by atoms with Crippen molar-refractivity contribution in [2.75, 3.05) is 5.32 Å². The molecular weight excluding hydrogens is 317 g/mol. The van der Waals surface area contributed by atoms with Crippen LogP contribution in [0.1, 0.15) is 29.8 Å². The number of carbonyl (C=O) groups is 1. The molecule has 0 aliphatic heterocycles. The highest BCUT2D eigenvalue weighted by Crippen LogP contribution is 2.29. The highest BCUT2D eigenvalue weighted by atomic mass is 35.5. The van der Waals surface area contributed by atoms with Crippen LogP contribution in [0.25, 0.3) is 6.08 Å². The largest absolute Gasteiger partial charge is 0.321 e. The molecule has 2 aromatic rings. The van der Waals surface area contributed by atoms with Gasteiger partial charge in [0.05, 0.1) is 15.7 Å². The molecule has 0 bridgehead atoms. The van der Waals surface area contributed by atoms with E-state index in [0.717, 1.165) is 5.56 Å². The SMILES string of the molecule is CC(C)/C=C/c1ccc(C(=O)Nc2cccc(Cl)c2Cl)cc1. The topological polar surface area (TPSA) is 29.1 Å². The van der Waals surface area contributed by atoms with Crippen LogP contribution in [0.4, 0.5) is 5.69 Å². The summed E-state index contributed by atoms with van der Waals surface area (Å²) in [5, 5.41) is 3.52. The predicted molar refractivity (Wildman–Crippen MR) is 94.7 cm³/mol. The Morgan fingerprint density at radius 1 is 1.09 bits per heavy atom. The van der Waals surface area contributed by atoms with Crippen molar-refractivity contribution in [1.82, 2.24) is 0 Å². The molecule has 2 rings (SSSR count). The molecule has 114 valence electrons. The Bertz CT molecular complexity index is 691. The Morgan fingerprint density at radius 3 is 2.41 bits per heavy atom. The quantitative estimate of drug-likeness (QED) is 0.739. The molecule has 0 spiro atoms. The smallest absolute Gasteiger partial charge is 0.255 e. The van der Waals surface area contributed by atoms with Gasteiger partial charge in [0.1, 0.15) is 0 Å². The number of nitrogens with one attached hydrogen (secondary N) is 1. The monoisotopic (exact) mass is 333 g/mol. The molecule has 0 saturated carbocycles. The minimum atomic E-state index is -0.219. The summed E-state index contributed by atoms with van der Waals surface area (Å²) in [7, 11) is 0. The van der Waals surface area contributed by atoms with Crippen molar-refractivity contribution < 1.29 is 4.79 Å². The van der Waals surface area contributed by atoms with E-state index >= 15 is 0 Å². The average molecular weight is 334 g/mol. The molecule has 2 nitrogen and oxygen atoms in total. The van der Waals surface area contributed by atoms with Crippen molar-refractivity contribution >= 4 is 40.9 Å². The minimum Gasteiger partial charge on any atom is -0.321 e. The molecule has 22 heavy (non-hydrogen) atoms. The summed E-state index contributed by atoms with van der Waals surface area (Å²) in [5.41, 5.74) is 2.13. The number of hydrogen-bond donors (Lipinski definition) is 1. The summed E-state index contributed by atoms with van der Waals surface area (Å²) in [6.07, 6.45) is 4.15. The van der Waals surface area contributed by atoms with Crippen molar-refractivity contribution in [2.45, 2.75) is 13.8 Å². The Hall–Kier alpha value is -1.77. The van der Waals surface area contributed by atoms with Gasteiger partial charge < -0.3 is 5.32 Å². The van der Waals surface area contributed by atoms with E-state index in [1.54, 1.807) is 30.3 Å². The number of halogens is 2. The Morgan fingerprint density at radius 2 is 1.77 bits per heavy atom. The zero-order valence-electron chi connectivity index (χ0n) is 12.4. The normalized spacial score (nSPS) is 11.1. The van der Waals surface area contributed by atoms with Crippen LogP contribution >= 0.6 is 23.2 Å². The first-order valence-electron chi connectivity index (χ1n) is 7.01. The van der Waals surface area contributed by atoms with Crippen LogP contribution in [0, 0.1) is 5.92 Å². The molecule has 0 aliphatic carbocycles. The van der Waals surface area contributed by atoms with Crippen molar-refractivity contribution in [3.63, 3.8) is 0 Å². The van der Waals surface area contributed by atoms with Gasteiger partial charge in [0.2, 0.25) is 0 Å². The van der Waals surface area contributed by atoms with Crippen LogP contribution in [-0.2, 0) is 0 Å². The Balaban J connectivity index is 2.11. The molecule has 0 heterocycles. The maximum atomic E-state index is 12.2. The number of allylic oxidation sites excluding steroid dienone is 1. The predicted octanol–water partition coefficient (Wildman–Crippen LogP) is 5.91. The van der Waals surface area contributed by atoms with Crippen molar-refractivity contribution in [3.05, 3.63) is 69.7 Å². The standard InChI is InChI=1S/C18H17Cl2NO/c1-12(2)6-7-13-8-10-14(11-9-13)18(22)21-16-5-3-4-15(19)17(16)20/h3-12H,1-2H3,(H,21,22)/b7-6+. The molecule has 4 heteroatoms. The summed E-state index contributed by atoms with van der Waals surface area (Å²) < 4.78 is 0. The maximum absolute atomic E-state index is 12.2. The summed E-state index contributed by atoms with van der Waals surface area (Å²) in [6.45, 7) is 4.24. The van der Waals surface area contributed by atoms with E-state index in [0.29, 0.717) is 27.2 Å². The highest BCUT2D eigenvalue weighted by molar-refractivity contribution is 6.44. The second-order valence-corrected chi connectivity index (χ2v) is 6.07. The Kier molecular flexibility index (Phi) is 5.64. The van der Waals surface area contributed by atoms with E-state index in [4.69, 9.17) is 23.2 Å². The summed E-state index contributed by atoms with van der Waals surface area (Å²) in [5.74, 6) is 0.275. The molecule has 1 amide bonds. The number of carbonyl (C=O) groups excluding carboxylic acids is 1. The fraction of sp³-hybridized carbons (Fsp3) is 0.167. The first kappa shape index (κ1) is 16.6. The molecule has 0 aromatic heterocycles. The molecule has 2 aromatic carbocycles. The van der Waals surface area contributed by atoms with Crippen molar-refractivity contribution in [1.29, 1.82) is 0 Å². The van der Waals surface area contributed by atoms with Gasteiger partial charge in [-0.2, -0.15) is 0 Å². The van der Waals surface area contributed by atoms with Crippen molar-refractivity contribution in [3.8, 4) is 0 Å². The van der Waals surface area contributed by atoms with Crippen LogP contribution < -0.4 is 5.32 Å². The third-order valence-electron chi connectivity index (χ3n) is 3.05.